The van der Waals surface area contributed by atoms with E-state index in [4.69, 9.17) is 14.2 Å². The van der Waals surface area contributed by atoms with Crippen molar-refractivity contribution in [2.24, 2.45) is 5.41 Å². The second-order valence-corrected chi connectivity index (χ2v) is 9.78. The van der Waals surface area contributed by atoms with E-state index >= 15 is 0 Å². The molecule has 2 saturated heterocycles. The van der Waals surface area contributed by atoms with Crippen LogP contribution < -0.4 is 5.32 Å². The first-order valence-corrected chi connectivity index (χ1v) is 12.0. The summed E-state index contributed by atoms with van der Waals surface area (Å²) in [7, 11) is 0. The average molecular weight is 459 g/mol. The molecule has 172 valence electrons. The van der Waals surface area contributed by atoms with Crippen molar-refractivity contribution < 1.29 is 23.8 Å². The Morgan fingerprint density at radius 1 is 1.22 bits per heavy atom. The number of benzene rings is 1. The average Bonchev–Trinajstić information content (AvgIpc) is 3.42. The Bertz CT molecular complexity index is 975. The molecule has 2 fully saturated rings. The van der Waals surface area contributed by atoms with E-state index in [1.165, 1.54) is 16.9 Å². The summed E-state index contributed by atoms with van der Waals surface area (Å²) in [5.74, 6) is -1.04. The van der Waals surface area contributed by atoms with Gasteiger partial charge in [-0.1, -0.05) is 37.5 Å². The minimum absolute atomic E-state index is 0.220. The number of unbranched alkanes of at least 4 members (excludes halogenated alkanes) is 2. The monoisotopic (exact) mass is 458 g/mol. The number of cyclic esters (lactones) is 2. The maximum atomic E-state index is 12.9. The van der Waals surface area contributed by atoms with E-state index in [-0.39, 0.29) is 12.8 Å². The highest BCUT2D eigenvalue weighted by molar-refractivity contribution is 7.13. The van der Waals surface area contributed by atoms with Gasteiger partial charge in [-0.25, -0.2) is 4.98 Å². The SMILES string of the molecule is CCCCCOC[C@@H]1C[C@@]2(C[C@@](C)(c3csc(Nc4ccc(C)cc4)n3)OC2=O)C(=O)O1. The number of thiazole rings is 1. The third-order valence-corrected chi connectivity index (χ3v) is 6.89. The first-order chi connectivity index (χ1) is 15.3. The van der Waals surface area contributed by atoms with Crippen molar-refractivity contribution >= 4 is 34.1 Å². The van der Waals surface area contributed by atoms with Crippen LogP contribution in [-0.4, -0.2) is 36.2 Å². The van der Waals surface area contributed by atoms with Gasteiger partial charge in [-0.3, -0.25) is 9.59 Å². The second-order valence-electron chi connectivity index (χ2n) is 8.92. The summed E-state index contributed by atoms with van der Waals surface area (Å²) in [4.78, 5) is 30.3. The summed E-state index contributed by atoms with van der Waals surface area (Å²) in [6.07, 6.45) is 3.28. The van der Waals surface area contributed by atoms with Gasteiger partial charge in [-0.05, 0) is 32.4 Å². The number of anilines is 2. The third kappa shape index (κ3) is 4.52. The van der Waals surface area contributed by atoms with E-state index in [2.05, 4.69) is 17.2 Å². The molecule has 4 rings (SSSR count). The largest absolute Gasteiger partial charge is 0.459 e. The molecule has 2 aliphatic rings. The van der Waals surface area contributed by atoms with Crippen molar-refractivity contribution in [1.29, 1.82) is 0 Å². The minimum atomic E-state index is -1.28. The highest BCUT2D eigenvalue weighted by Crippen LogP contribution is 2.52. The van der Waals surface area contributed by atoms with Crippen molar-refractivity contribution in [2.45, 2.75) is 64.6 Å². The number of ether oxygens (including phenoxy) is 3. The van der Waals surface area contributed by atoms with Crippen LogP contribution in [0.25, 0.3) is 0 Å². The lowest BCUT2D eigenvalue weighted by Crippen LogP contribution is -2.32. The van der Waals surface area contributed by atoms with Crippen LogP contribution in [0, 0.1) is 12.3 Å². The van der Waals surface area contributed by atoms with Gasteiger partial charge in [0, 0.05) is 30.5 Å². The van der Waals surface area contributed by atoms with Gasteiger partial charge in [0.05, 0.1) is 12.3 Å². The van der Waals surface area contributed by atoms with Crippen molar-refractivity contribution in [3.05, 3.63) is 40.9 Å². The van der Waals surface area contributed by atoms with Gasteiger partial charge >= 0.3 is 11.9 Å². The van der Waals surface area contributed by atoms with Gasteiger partial charge in [0.2, 0.25) is 0 Å². The molecule has 3 atom stereocenters. The Labute approximate surface area is 192 Å². The van der Waals surface area contributed by atoms with Gasteiger partial charge in [0.1, 0.15) is 6.10 Å². The molecule has 1 N–H and O–H groups in total. The summed E-state index contributed by atoms with van der Waals surface area (Å²) < 4.78 is 16.9. The van der Waals surface area contributed by atoms with Crippen molar-refractivity contribution in [3.8, 4) is 0 Å². The van der Waals surface area contributed by atoms with Gasteiger partial charge in [-0.15, -0.1) is 11.3 Å². The normalized spacial score (nSPS) is 27.0. The molecular formula is C24H30N2O5S. The molecule has 1 aromatic heterocycles. The van der Waals surface area contributed by atoms with Crippen molar-refractivity contribution in [1.82, 2.24) is 4.98 Å². The molecule has 0 saturated carbocycles. The zero-order valence-corrected chi connectivity index (χ0v) is 19.6. The number of nitrogens with zero attached hydrogens (tertiary/aromatic N) is 1. The lowest BCUT2D eigenvalue weighted by atomic mass is 9.78. The van der Waals surface area contributed by atoms with Gasteiger partial charge < -0.3 is 19.5 Å². The molecule has 7 nitrogen and oxygen atoms in total. The molecule has 0 radical (unpaired) electrons. The summed E-state index contributed by atoms with van der Waals surface area (Å²) in [5.41, 5.74) is 0.494. The molecule has 2 aromatic rings. The summed E-state index contributed by atoms with van der Waals surface area (Å²) >= 11 is 1.44. The van der Waals surface area contributed by atoms with Crippen LogP contribution in [0.1, 0.15) is 57.2 Å². The molecule has 0 unspecified atom stereocenters. The standard InChI is InChI=1S/C24H30N2O5S/c1-4-5-6-11-29-13-18-12-24(20(27)30-18)15-23(3,31-21(24)28)19-14-32-22(26-19)25-17-9-7-16(2)8-10-17/h7-10,14,18H,4-6,11-13,15H2,1-3H3,(H,25,26)/t18-,23-,24+/m0/s1. The highest BCUT2D eigenvalue weighted by Gasteiger charge is 2.65. The zero-order chi connectivity index (χ0) is 22.8. The first-order valence-electron chi connectivity index (χ1n) is 11.2. The number of aryl methyl sites for hydroxylation is 1. The number of carbonyl (C=O) groups excluding carboxylic acids is 2. The maximum absolute atomic E-state index is 12.9. The lowest BCUT2D eigenvalue weighted by Gasteiger charge is -2.20. The smallest absolute Gasteiger partial charge is 0.324 e. The fourth-order valence-electron chi connectivity index (χ4n) is 4.31. The van der Waals surface area contributed by atoms with Crippen LogP contribution >= 0.6 is 11.3 Å². The van der Waals surface area contributed by atoms with E-state index in [1.807, 2.05) is 43.5 Å². The molecule has 0 amide bonds. The predicted octanol–water partition coefficient (Wildman–Crippen LogP) is 4.87. The quantitative estimate of drug-likeness (QED) is 0.326. The van der Waals surface area contributed by atoms with Gasteiger partial charge in [0.15, 0.2) is 16.1 Å². The molecule has 0 bridgehead atoms. The molecular weight excluding hydrogens is 428 g/mol. The number of esters is 2. The molecule has 8 heteroatoms. The number of nitrogens with one attached hydrogen (secondary N) is 1. The molecule has 32 heavy (non-hydrogen) atoms. The Hall–Kier alpha value is -2.45. The zero-order valence-electron chi connectivity index (χ0n) is 18.8. The Balaban J connectivity index is 1.41. The maximum Gasteiger partial charge on any atom is 0.324 e. The van der Waals surface area contributed by atoms with E-state index in [9.17, 15) is 9.59 Å². The van der Waals surface area contributed by atoms with Crippen LogP contribution in [0.2, 0.25) is 0 Å². The van der Waals surface area contributed by atoms with Crippen LogP contribution in [0.15, 0.2) is 29.6 Å². The molecule has 2 aliphatic heterocycles. The van der Waals surface area contributed by atoms with Crippen LogP contribution in [0.3, 0.4) is 0 Å². The van der Waals surface area contributed by atoms with E-state index < -0.39 is 29.1 Å². The highest BCUT2D eigenvalue weighted by atomic mass is 32.1. The van der Waals surface area contributed by atoms with Gasteiger partial charge in [0.25, 0.3) is 0 Å². The fraction of sp³-hybridized carbons (Fsp3) is 0.542. The molecule has 1 aromatic carbocycles. The van der Waals surface area contributed by atoms with Crippen LogP contribution in [0.5, 0.6) is 0 Å². The molecule has 3 heterocycles. The third-order valence-electron chi connectivity index (χ3n) is 6.13. The van der Waals surface area contributed by atoms with Gasteiger partial charge in [-0.2, -0.15) is 0 Å². The van der Waals surface area contributed by atoms with Crippen LogP contribution in [-0.2, 0) is 29.4 Å². The lowest BCUT2D eigenvalue weighted by molar-refractivity contribution is -0.160. The summed E-state index contributed by atoms with van der Waals surface area (Å²) in [5, 5.41) is 5.85. The first kappa shape index (κ1) is 22.7. The Morgan fingerprint density at radius 2 is 2.00 bits per heavy atom. The van der Waals surface area contributed by atoms with E-state index in [1.54, 1.807) is 0 Å². The number of carbonyl (C=O) groups is 2. The van der Waals surface area contributed by atoms with Crippen LogP contribution in [0.4, 0.5) is 10.8 Å². The number of rotatable bonds is 9. The predicted molar refractivity (Wildman–Crippen MR) is 122 cm³/mol. The number of hydrogen-bond acceptors (Lipinski definition) is 8. The molecule has 0 aliphatic carbocycles. The number of hydrogen-bond donors (Lipinski definition) is 1. The number of aromatic nitrogens is 1. The minimum Gasteiger partial charge on any atom is -0.459 e. The van der Waals surface area contributed by atoms with E-state index in [0.717, 1.165) is 24.9 Å². The summed E-state index contributed by atoms with van der Waals surface area (Å²) in [6.45, 7) is 6.92. The topological polar surface area (TPSA) is 86.8 Å². The van der Waals surface area contributed by atoms with E-state index in [0.29, 0.717) is 24.0 Å². The Morgan fingerprint density at radius 3 is 2.75 bits per heavy atom. The summed E-state index contributed by atoms with van der Waals surface area (Å²) in [6, 6.07) is 8.02. The fourth-order valence-corrected chi connectivity index (χ4v) is 5.17. The second kappa shape index (κ2) is 9.19. The molecule has 1 spiro atoms. The van der Waals surface area contributed by atoms with Crippen molar-refractivity contribution in [2.75, 3.05) is 18.5 Å². The van der Waals surface area contributed by atoms with Crippen molar-refractivity contribution in [3.63, 3.8) is 0 Å². The Kier molecular flexibility index (Phi) is 6.53.